The lowest BCUT2D eigenvalue weighted by Gasteiger charge is -2.10. The van der Waals surface area contributed by atoms with Crippen LogP contribution in [0.1, 0.15) is 11.1 Å². The number of hydrogen-bond acceptors (Lipinski definition) is 4. The lowest BCUT2D eigenvalue weighted by Crippen LogP contribution is -2.16. The summed E-state index contributed by atoms with van der Waals surface area (Å²) in [7, 11) is -1.51. The van der Waals surface area contributed by atoms with Gasteiger partial charge in [0.1, 0.15) is 23.9 Å². The third kappa shape index (κ3) is 4.57. The summed E-state index contributed by atoms with van der Waals surface area (Å²) >= 11 is 0. The topological polar surface area (TPSA) is 69.0 Å². The van der Waals surface area contributed by atoms with Crippen LogP contribution in [0, 0.1) is 6.57 Å². The van der Waals surface area contributed by atoms with Gasteiger partial charge in [-0.25, -0.2) is 9.05 Å². The van der Waals surface area contributed by atoms with E-state index in [1.807, 2.05) is 24.3 Å². The molecular weight excluding hydrogens is 400 g/mol. The molecule has 1 heterocycles. The van der Waals surface area contributed by atoms with Crippen LogP contribution in [-0.2, 0) is 22.4 Å². The molecule has 7 heteroatoms. The van der Waals surface area contributed by atoms with Gasteiger partial charge >= 0.3 is 0 Å². The monoisotopic (exact) mass is 416 g/mol. The Balaban J connectivity index is 1.40. The van der Waals surface area contributed by atoms with E-state index in [-0.39, 0.29) is 5.91 Å². The van der Waals surface area contributed by atoms with Crippen LogP contribution in [-0.4, -0.2) is 10.1 Å². The fourth-order valence-electron chi connectivity index (χ4n) is 2.87. The fraction of sp³-hybridized carbons (Fsp3) is 0.0435. The molecule has 0 fully saturated rings. The Bertz CT molecular complexity index is 1200. The molecule has 3 aromatic carbocycles. The summed E-state index contributed by atoms with van der Waals surface area (Å²) in [6, 6.07) is 21.6. The van der Waals surface area contributed by atoms with Crippen LogP contribution < -0.4 is 14.2 Å². The number of carbonyl (C=O) groups excluding carboxylic acids is 1. The number of hydrogen-bond donors (Lipinski definition) is 1. The maximum absolute atomic E-state index is 11.8. The van der Waals surface area contributed by atoms with Crippen molar-refractivity contribution in [1.29, 1.82) is 0 Å². The van der Waals surface area contributed by atoms with E-state index in [0.717, 1.165) is 5.56 Å². The molecule has 148 valence electrons. The SMILES string of the molecule is [C-]#[N+]c1cccc(Oc2cccc(COc3ccc(C4=CC(=O)NS4=O)cc3)c2)c1. The van der Waals surface area contributed by atoms with Crippen molar-refractivity contribution in [1.82, 2.24) is 4.72 Å². The van der Waals surface area contributed by atoms with Gasteiger partial charge in [0.05, 0.1) is 11.5 Å². The molecule has 0 saturated carbocycles. The van der Waals surface area contributed by atoms with Crippen LogP contribution in [0.5, 0.6) is 17.2 Å². The third-order valence-corrected chi connectivity index (χ3v) is 5.42. The van der Waals surface area contributed by atoms with Crippen molar-refractivity contribution in [3.8, 4) is 17.2 Å². The predicted octanol–water partition coefficient (Wildman–Crippen LogP) is 4.74. The Morgan fingerprint density at radius 2 is 1.67 bits per heavy atom. The van der Waals surface area contributed by atoms with Gasteiger partial charge in [-0.3, -0.25) is 9.52 Å². The first kappa shape index (κ1) is 19.4. The first-order chi connectivity index (χ1) is 14.6. The van der Waals surface area contributed by atoms with Gasteiger partial charge in [-0.05, 0) is 47.5 Å². The third-order valence-electron chi connectivity index (χ3n) is 4.28. The van der Waals surface area contributed by atoms with Gasteiger partial charge in [-0.1, -0.05) is 36.4 Å². The standard InChI is InChI=1S/C23H16N2O4S/c1-24-18-5-3-7-21(13-18)29-20-6-2-4-16(12-20)15-28-19-10-8-17(9-11-19)22-14-23(26)25-30(22)27/h2-14H,15H2,(H,25,26). The minimum absolute atomic E-state index is 0.341. The number of benzene rings is 3. The van der Waals surface area contributed by atoms with Crippen LogP contribution in [0.2, 0.25) is 0 Å². The molecule has 6 nitrogen and oxygen atoms in total. The molecule has 1 aliphatic heterocycles. The van der Waals surface area contributed by atoms with Gasteiger partial charge in [0.25, 0.3) is 5.91 Å². The Hall–Kier alpha value is -3.89. The second-order valence-corrected chi connectivity index (χ2v) is 7.60. The lowest BCUT2D eigenvalue weighted by atomic mass is 10.2. The Morgan fingerprint density at radius 3 is 2.37 bits per heavy atom. The number of carbonyl (C=O) groups is 1. The highest BCUT2D eigenvalue weighted by molar-refractivity contribution is 7.93. The highest BCUT2D eigenvalue weighted by atomic mass is 32.2. The highest BCUT2D eigenvalue weighted by Gasteiger charge is 2.20. The maximum atomic E-state index is 11.8. The number of nitrogens with zero attached hydrogens (tertiary/aromatic N) is 1. The summed E-state index contributed by atoms with van der Waals surface area (Å²) in [6.45, 7) is 7.43. The fourth-order valence-corrected chi connectivity index (χ4v) is 3.79. The van der Waals surface area contributed by atoms with Gasteiger partial charge in [-0.15, -0.1) is 0 Å². The van der Waals surface area contributed by atoms with E-state index in [0.29, 0.717) is 40.0 Å². The molecule has 1 N–H and O–H groups in total. The molecule has 0 bridgehead atoms. The first-order valence-electron chi connectivity index (χ1n) is 9.02. The molecule has 1 aliphatic rings. The molecular formula is C23H16N2O4S. The van der Waals surface area contributed by atoms with Crippen LogP contribution in [0.15, 0.2) is 78.9 Å². The van der Waals surface area contributed by atoms with Gasteiger partial charge < -0.3 is 9.47 Å². The van der Waals surface area contributed by atoms with E-state index in [2.05, 4.69) is 9.57 Å². The normalized spacial score (nSPS) is 15.1. The Labute approximate surface area is 176 Å². The van der Waals surface area contributed by atoms with Gasteiger partial charge in [0.2, 0.25) is 0 Å². The van der Waals surface area contributed by atoms with Crippen molar-refractivity contribution in [2.45, 2.75) is 6.61 Å². The zero-order chi connectivity index (χ0) is 20.9. The zero-order valence-corrected chi connectivity index (χ0v) is 16.5. The molecule has 0 aromatic heterocycles. The summed E-state index contributed by atoms with van der Waals surface area (Å²) in [5, 5.41) is 0. The zero-order valence-electron chi connectivity index (χ0n) is 15.7. The van der Waals surface area contributed by atoms with Crippen molar-refractivity contribution in [2.75, 3.05) is 0 Å². The second kappa shape index (κ2) is 8.64. The maximum Gasteiger partial charge on any atom is 0.257 e. The number of rotatable bonds is 6. The van der Waals surface area contributed by atoms with E-state index >= 15 is 0 Å². The lowest BCUT2D eigenvalue weighted by molar-refractivity contribution is -0.114. The minimum atomic E-state index is -1.51. The molecule has 3 aromatic rings. The van der Waals surface area contributed by atoms with Crippen molar-refractivity contribution in [2.24, 2.45) is 0 Å². The average Bonchev–Trinajstić information content (AvgIpc) is 3.11. The number of nitrogens with one attached hydrogen (secondary N) is 1. The van der Waals surface area contributed by atoms with E-state index < -0.39 is 11.0 Å². The average molecular weight is 416 g/mol. The molecule has 1 atom stereocenters. The van der Waals surface area contributed by atoms with Crippen molar-refractivity contribution >= 4 is 27.5 Å². The summed E-state index contributed by atoms with van der Waals surface area (Å²) < 4.78 is 25.8. The largest absolute Gasteiger partial charge is 0.489 e. The summed E-state index contributed by atoms with van der Waals surface area (Å²) in [6.07, 6.45) is 1.34. The minimum Gasteiger partial charge on any atom is -0.489 e. The van der Waals surface area contributed by atoms with E-state index in [9.17, 15) is 9.00 Å². The quantitative estimate of drug-likeness (QED) is 0.589. The van der Waals surface area contributed by atoms with Crippen LogP contribution in [0.4, 0.5) is 5.69 Å². The molecule has 0 aliphatic carbocycles. The van der Waals surface area contributed by atoms with E-state index in [1.54, 1.807) is 48.5 Å². The Morgan fingerprint density at radius 1 is 0.933 bits per heavy atom. The van der Waals surface area contributed by atoms with Crippen molar-refractivity contribution in [3.63, 3.8) is 0 Å². The predicted molar refractivity (Wildman–Crippen MR) is 114 cm³/mol. The van der Waals surface area contributed by atoms with E-state index in [4.69, 9.17) is 16.0 Å². The highest BCUT2D eigenvalue weighted by Crippen LogP contribution is 2.27. The molecule has 30 heavy (non-hydrogen) atoms. The molecule has 1 unspecified atom stereocenters. The number of ether oxygens (including phenoxy) is 2. The number of amides is 1. The second-order valence-electron chi connectivity index (χ2n) is 6.42. The Kier molecular flexibility index (Phi) is 5.59. The molecule has 0 radical (unpaired) electrons. The molecule has 0 saturated heterocycles. The molecule has 1 amide bonds. The summed E-state index contributed by atoms with van der Waals surface area (Å²) in [4.78, 5) is 15.2. The molecule has 0 spiro atoms. The van der Waals surface area contributed by atoms with E-state index in [1.165, 1.54) is 6.08 Å². The van der Waals surface area contributed by atoms with Crippen LogP contribution in [0.3, 0.4) is 0 Å². The van der Waals surface area contributed by atoms with Crippen LogP contribution in [0.25, 0.3) is 9.75 Å². The molecule has 4 rings (SSSR count). The van der Waals surface area contributed by atoms with Gasteiger partial charge in [0, 0.05) is 6.08 Å². The van der Waals surface area contributed by atoms with Crippen molar-refractivity contribution in [3.05, 3.63) is 101 Å². The van der Waals surface area contributed by atoms with Gasteiger partial charge in [0.15, 0.2) is 16.7 Å². The first-order valence-corrected chi connectivity index (χ1v) is 10.2. The van der Waals surface area contributed by atoms with Crippen molar-refractivity contribution < 1.29 is 18.5 Å². The summed E-state index contributed by atoms with van der Waals surface area (Å²) in [5.41, 5.74) is 2.15. The van der Waals surface area contributed by atoms with Crippen LogP contribution >= 0.6 is 0 Å². The smallest absolute Gasteiger partial charge is 0.257 e. The summed E-state index contributed by atoms with van der Waals surface area (Å²) in [5.74, 6) is 1.55. The van der Waals surface area contributed by atoms with Gasteiger partial charge in [-0.2, -0.15) is 0 Å².